The van der Waals surface area contributed by atoms with Crippen LogP contribution in [-0.2, 0) is 16.1 Å². The van der Waals surface area contributed by atoms with E-state index in [-0.39, 0.29) is 0 Å². The maximum absolute atomic E-state index is 5.41. The van der Waals surface area contributed by atoms with Crippen molar-refractivity contribution in [2.45, 2.75) is 32.4 Å². The molecule has 0 aromatic heterocycles. The van der Waals surface area contributed by atoms with Crippen LogP contribution in [0.2, 0.25) is 0 Å². The zero-order valence-corrected chi connectivity index (χ0v) is 13.4. The van der Waals surface area contributed by atoms with Crippen LogP contribution in [0.25, 0.3) is 0 Å². The van der Waals surface area contributed by atoms with E-state index in [4.69, 9.17) is 14.2 Å². The van der Waals surface area contributed by atoms with Crippen LogP contribution >= 0.6 is 0 Å². The molecule has 4 nitrogen and oxygen atoms in total. The largest absolute Gasteiger partial charge is 0.496 e. The maximum atomic E-state index is 5.41. The van der Waals surface area contributed by atoms with Gasteiger partial charge in [-0.1, -0.05) is 6.07 Å². The van der Waals surface area contributed by atoms with Gasteiger partial charge < -0.3 is 19.5 Å². The normalized spacial score (nSPS) is 19.7. The van der Waals surface area contributed by atoms with Gasteiger partial charge in [0.2, 0.25) is 0 Å². The monoisotopic (exact) mass is 293 g/mol. The minimum atomic E-state index is 0.328. The Bertz CT molecular complexity index is 430. The van der Waals surface area contributed by atoms with Gasteiger partial charge in [-0.3, -0.25) is 0 Å². The molecular weight excluding hydrogens is 266 g/mol. The van der Waals surface area contributed by atoms with Gasteiger partial charge in [-0.2, -0.15) is 0 Å². The summed E-state index contributed by atoms with van der Waals surface area (Å²) in [4.78, 5) is 0. The first-order valence-electron chi connectivity index (χ1n) is 7.71. The first-order chi connectivity index (χ1) is 10.2. The van der Waals surface area contributed by atoms with Crippen LogP contribution in [0.5, 0.6) is 5.75 Å². The second-order valence-corrected chi connectivity index (χ2v) is 5.70. The van der Waals surface area contributed by atoms with Crippen molar-refractivity contribution in [2.24, 2.45) is 5.92 Å². The highest BCUT2D eigenvalue weighted by Crippen LogP contribution is 2.24. The van der Waals surface area contributed by atoms with Crippen LogP contribution in [-0.4, -0.2) is 34.0 Å². The molecule has 1 fully saturated rings. The highest BCUT2D eigenvalue weighted by atomic mass is 16.5. The molecule has 21 heavy (non-hydrogen) atoms. The van der Waals surface area contributed by atoms with Crippen LogP contribution in [0.1, 0.15) is 36.9 Å². The molecule has 0 radical (unpaired) electrons. The van der Waals surface area contributed by atoms with Crippen LogP contribution in [0.15, 0.2) is 18.2 Å². The van der Waals surface area contributed by atoms with E-state index in [1.54, 1.807) is 14.2 Å². The Balaban J connectivity index is 1.88. The summed E-state index contributed by atoms with van der Waals surface area (Å²) >= 11 is 0. The Morgan fingerprint density at radius 3 is 2.90 bits per heavy atom. The molecule has 1 aliphatic rings. The highest BCUT2D eigenvalue weighted by molar-refractivity contribution is 5.38. The smallest absolute Gasteiger partial charge is 0.124 e. The van der Waals surface area contributed by atoms with Crippen molar-refractivity contribution in [3.05, 3.63) is 29.3 Å². The molecule has 1 heterocycles. The topological polar surface area (TPSA) is 39.7 Å². The first-order valence-corrected chi connectivity index (χ1v) is 7.71. The number of methoxy groups -OCH3 is 2. The molecule has 1 aromatic rings. The van der Waals surface area contributed by atoms with Gasteiger partial charge >= 0.3 is 0 Å². The van der Waals surface area contributed by atoms with Crippen molar-refractivity contribution < 1.29 is 14.2 Å². The SMILES string of the molecule is COCc1cc(C(C)NCCC2CCOC2)ccc1OC. The number of ether oxygens (including phenoxy) is 3. The molecule has 2 unspecified atom stereocenters. The van der Waals surface area contributed by atoms with Gasteiger partial charge in [0.25, 0.3) is 0 Å². The second kappa shape index (κ2) is 8.37. The average molecular weight is 293 g/mol. The third-order valence-electron chi connectivity index (χ3n) is 4.13. The minimum Gasteiger partial charge on any atom is -0.496 e. The third kappa shape index (κ3) is 4.70. The Morgan fingerprint density at radius 2 is 2.24 bits per heavy atom. The first kappa shape index (κ1) is 16.3. The lowest BCUT2D eigenvalue weighted by molar-refractivity contribution is 0.181. The van der Waals surface area contributed by atoms with Crippen LogP contribution in [0.3, 0.4) is 0 Å². The van der Waals surface area contributed by atoms with Gasteiger partial charge in [-0.25, -0.2) is 0 Å². The number of nitrogens with one attached hydrogen (secondary N) is 1. The molecule has 1 aromatic carbocycles. The molecule has 0 saturated carbocycles. The van der Waals surface area contributed by atoms with E-state index < -0.39 is 0 Å². The minimum absolute atomic E-state index is 0.328. The molecule has 2 rings (SSSR count). The quantitative estimate of drug-likeness (QED) is 0.800. The van der Waals surface area contributed by atoms with Crippen molar-refractivity contribution in [1.29, 1.82) is 0 Å². The molecule has 0 aliphatic carbocycles. The van der Waals surface area contributed by atoms with Crippen molar-refractivity contribution in [2.75, 3.05) is 34.0 Å². The summed E-state index contributed by atoms with van der Waals surface area (Å²) in [6.07, 6.45) is 2.39. The van der Waals surface area contributed by atoms with E-state index in [0.29, 0.717) is 12.6 Å². The van der Waals surface area contributed by atoms with Gasteiger partial charge in [0, 0.05) is 31.9 Å². The zero-order valence-electron chi connectivity index (χ0n) is 13.4. The van der Waals surface area contributed by atoms with E-state index in [0.717, 1.165) is 37.0 Å². The summed E-state index contributed by atoms with van der Waals surface area (Å²) in [5.41, 5.74) is 2.36. The van der Waals surface area contributed by atoms with E-state index in [9.17, 15) is 0 Å². The molecule has 1 N–H and O–H groups in total. The van der Waals surface area contributed by atoms with Crippen LogP contribution in [0.4, 0.5) is 0 Å². The van der Waals surface area contributed by atoms with Gasteiger partial charge in [-0.15, -0.1) is 0 Å². The number of hydrogen-bond donors (Lipinski definition) is 1. The molecule has 0 bridgehead atoms. The van der Waals surface area contributed by atoms with Crippen molar-refractivity contribution in [3.8, 4) is 5.75 Å². The molecule has 1 saturated heterocycles. The Morgan fingerprint density at radius 1 is 1.38 bits per heavy atom. The zero-order chi connectivity index (χ0) is 15.1. The van der Waals surface area contributed by atoms with Gasteiger partial charge in [0.15, 0.2) is 0 Å². The van der Waals surface area contributed by atoms with Gasteiger partial charge in [0.05, 0.1) is 13.7 Å². The van der Waals surface area contributed by atoms with E-state index in [2.05, 4.69) is 24.4 Å². The summed E-state index contributed by atoms with van der Waals surface area (Å²) in [6, 6.07) is 6.63. The number of rotatable bonds is 8. The lowest BCUT2D eigenvalue weighted by atomic mass is 10.0. The van der Waals surface area contributed by atoms with E-state index in [1.807, 2.05) is 6.07 Å². The average Bonchev–Trinajstić information content (AvgIpc) is 3.00. The molecule has 4 heteroatoms. The van der Waals surface area contributed by atoms with Gasteiger partial charge in [0.1, 0.15) is 5.75 Å². The molecule has 0 spiro atoms. The highest BCUT2D eigenvalue weighted by Gasteiger charge is 2.15. The second-order valence-electron chi connectivity index (χ2n) is 5.70. The van der Waals surface area contributed by atoms with Gasteiger partial charge in [-0.05, 0) is 49.9 Å². The Hall–Kier alpha value is -1.10. The maximum Gasteiger partial charge on any atom is 0.124 e. The summed E-state index contributed by atoms with van der Waals surface area (Å²) in [5, 5.41) is 3.60. The number of hydrogen-bond acceptors (Lipinski definition) is 4. The fourth-order valence-electron chi connectivity index (χ4n) is 2.77. The van der Waals surface area contributed by atoms with Crippen molar-refractivity contribution >= 4 is 0 Å². The lowest BCUT2D eigenvalue weighted by Crippen LogP contribution is -2.22. The van der Waals surface area contributed by atoms with E-state index >= 15 is 0 Å². The molecule has 2 atom stereocenters. The molecule has 1 aliphatic heterocycles. The van der Waals surface area contributed by atoms with Crippen molar-refractivity contribution in [3.63, 3.8) is 0 Å². The predicted molar refractivity (Wildman–Crippen MR) is 83.7 cm³/mol. The Kier molecular flexibility index (Phi) is 6.49. The number of benzene rings is 1. The lowest BCUT2D eigenvalue weighted by Gasteiger charge is -2.18. The summed E-state index contributed by atoms with van der Waals surface area (Å²) in [7, 11) is 3.40. The summed E-state index contributed by atoms with van der Waals surface area (Å²) in [6.45, 7) is 5.66. The Labute approximate surface area is 127 Å². The fourth-order valence-corrected chi connectivity index (χ4v) is 2.77. The predicted octanol–water partition coefficient (Wildman–Crippen LogP) is 2.92. The summed E-state index contributed by atoms with van der Waals surface area (Å²) < 4.78 is 16.0. The third-order valence-corrected chi connectivity index (χ3v) is 4.13. The molecule has 0 amide bonds. The molecule has 118 valence electrons. The van der Waals surface area contributed by atoms with E-state index in [1.165, 1.54) is 18.4 Å². The van der Waals surface area contributed by atoms with Crippen LogP contribution in [0, 0.1) is 5.92 Å². The molecular formula is C17H27NO3. The summed E-state index contributed by atoms with van der Waals surface area (Å²) in [5.74, 6) is 1.61. The fraction of sp³-hybridized carbons (Fsp3) is 0.647. The van der Waals surface area contributed by atoms with Crippen molar-refractivity contribution in [1.82, 2.24) is 5.32 Å². The standard InChI is InChI=1S/C17H27NO3/c1-13(18-8-6-14-7-9-21-11-14)15-4-5-17(20-3)16(10-15)12-19-2/h4-5,10,13-14,18H,6-9,11-12H2,1-3H3. The van der Waals surface area contributed by atoms with Crippen LogP contribution < -0.4 is 10.1 Å².